The molecule has 0 aliphatic carbocycles. The van der Waals surface area contributed by atoms with Crippen LogP contribution in [0.25, 0.3) is 0 Å². The van der Waals surface area contributed by atoms with Crippen LogP contribution in [0.3, 0.4) is 0 Å². The molecule has 3 aromatic rings. The van der Waals surface area contributed by atoms with Crippen LogP contribution in [-0.4, -0.2) is 10.9 Å². The number of amides is 1. The summed E-state index contributed by atoms with van der Waals surface area (Å²) in [4.78, 5) is 16.9. The molecule has 0 bridgehead atoms. The van der Waals surface area contributed by atoms with Crippen molar-refractivity contribution in [3.63, 3.8) is 0 Å². The molecule has 0 fully saturated rings. The molecule has 1 aromatic heterocycles. The zero-order chi connectivity index (χ0) is 16.1. The van der Waals surface area contributed by atoms with Gasteiger partial charge in [-0.15, -0.1) is 0 Å². The summed E-state index contributed by atoms with van der Waals surface area (Å²) in [7, 11) is 0. The zero-order valence-electron chi connectivity index (χ0n) is 12.9. The fraction of sp³-hybridized carbons (Fsp3) is 0.158. The van der Waals surface area contributed by atoms with Crippen LogP contribution in [0.4, 0.5) is 0 Å². The predicted molar refractivity (Wildman–Crippen MR) is 87.8 cm³/mol. The van der Waals surface area contributed by atoms with Gasteiger partial charge in [-0.05, 0) is 18.1 Å². The van der Waals surface area contributed by atoms with Gasteiger partial charge in [0.05, 0.1) is 18.7 Å². The van der Waals surface area contributed by atoms with Crippen LogP contribution in [0.1, 0.15) is 28.7 Å². The van der Waals surface area contributed by atoms with Gasteiger partial charge in [-0.1, -0.05) is 60.7 Å². The Morgan fingerprint density at radius 2 is 1.61 bits per heavy atom. The molecule has 23 heavy (non-hydrogen) atoms. The normalized spacial score (nSPS) is 10.7. The smallest absolute Gasteiger partial charge is 0.232 e. The number of nitrogens with zero attached hydrogens (tertiary/aromatic N) is 1. The molecule has 0 atom stereocenters. The maximum Gasteiger partial charge on any atom is 0.232 e. The first kappa shape index (κ1) is 15.0. The lowest BCUT2D eigenvalue weighted by molar-refractivity contribution is -0.122. The van der Waals surface area contributed by atoms with E-state index in [1.54, 1.807) is 6.20 Å². The van der Waals surface area contributed by atoms with E-state index in [0.717, 1.165) is 16.9 Å². The summed E-state index contributed by atoms with van der Waals surface area (Å²) >= 11 is 0. The highest BCUT2D eigenvalue weighted by Gasteiger charge is 2.22. The third kappa shape index (κ3) is 3.66. The van der Waals surface area contributed by atoms with Gasteiger partial charge in [0, 0.05) is 0 Å². The van der Waals surface area contributed by atoms with Crippen molar-refractivity contribution in [2.75, 3.05) is 0 Å². The second kappa shape index (κ2) is 6.92. The molecule has 1 N–H and O–H groups in total. The Hall–Kier alpha value is -2.88. The molecule has 0 radical (unpaired) electrons. The molecule has 3 rings (SSSR count). The topological polar surface area (TPSA) is 55.1 Å². The third-order valence-corrected chi connectivity index (χ3v) is 3.61. The maximum atomic E-state index is 12.7. The Morgan fingerprint density at radius 1 is 1.04 bits per heavy atom. The Balaban J connectivity index is 1.82. The quantitative estimate of drug-likeness (QED) is 0.785. The van der Waals surface area contributed by atoms with E-state index >= 15 is 0 Å². The van der Waals surface area contributed by atoms with Crippen molar-refractivity contribution in [3.05, 3.63) is 89.6 Å². The lowest BCUT2D eigenvalue weighted by Gasteiger charge is -2.17. The Bertz CT molecular complexity index is 727. The molecule has 0 saturated carbocycles. The fourth-order valence-electron chi connectivity index (χ4n) is 2.53. The predicted octanol–water partition coefficient (Wildman–Crippen LogP) is 3.43. The van der Waals surface area contributed by atoms with Crippen molar-refractivity contribution in [2.45, 2.75) is 19.4 Å². The van der Waals surface area contributed by atoms with E-state index in [-0.39, 0.29) is 18.4 Å². The Morgan fingerprint density at radius 3 is 2.09 bits per heavy atom. The van der Waals surface area contributed by atoms with Gasteiger partial charge in [-0.25, -0.2) is 4.98 Å². The molecule has 4 nitrogen and oxygen atoms in total. The molecule has 0 aliphatic heterocycles. The minimum Gasteiger partial charge on any atom is -0.444 e. The van der Waals surface area contributed by atoms with Gasteiger partial charge in [0.2, 0.25) is 11.8 Å². The average Bonchev–Trinajstić information content (AvgIpc) is 3.01. The van der Waals surface area contributed by atoms with Crippen LogP contribution in [0.2, 0.25) is 0 Å². The SMILES string of the molecule is Cc1cnc(CNC(=O)C(c2ccccc2)c2ccccc2)o1. The Labute approximate surface area is 135 Å². The summed E-state index contributed by atoms with van der Waals surface area (Å²) in [5.41, 5.74) is 1.92. The number of oxazole rings is 1. The van der Waals surface area contributed by atoms with E-state index in [4.69, 9.17) is 4.42 Å². The highest BCUT2D eigenvalue weighted by molar-refractivity contribution is 5.87. The number of carbonyl (C=O) groups excluding carboxylic acids is 1. The minimum absolute atomic E-state index is 0.0711. The first-order valence-electron chi connectivity index (χ1n) is 7.53. The number of aryl methyl sites for hydroxylation is 1. The van der Waals surface area contributed by atoms with Crippen LogP contribution in [0, 0.1) is 6.92 Å². The molecule has 1 heterocycles. The van der Waals surface area contributed by atoms with Gasteiger partial charge in [0.25, 0.3) is 0 Å². The minimum atomic E-state index is -0.353. The number of hydrogen-bond acceptors (Lipinski definition) is 3. The van der Waals surface area contributed by atoms with Crippen molar-refractivity contribution in [1.82, 2.24) is 10.3 Å². The third-order valence-electron chi connectivity index (χ3n) is 3.61. The molecule has 0 saturated heterocycles. The van der Waals surface area contributed by atoms with E-state index in [1.807, 2.05) is 67.6 Å². The molecule has 0 unspecified atom stereocenters. The van der Waals surface area contributed by atoms with Crippen LogP contribution in [0.5, 0.6) is 0 Å². The Kier molecular flexibility index (Phi) is 4.52. The van der Waals surface area contributed by atoms with E-state index < -0.39 is 0 Å². The van der Waals surface area contributed by atoms with Gasteiger partial charge < -0.3 is 9.73 Å². The summed E-state index contributed by atoms with van der Waals surface area (Å²) in [6, 6.07) is 19.5. The van der Waals surface area contributed by atoms with E-state index in [9.17, 15) is 4.79 Å². The van der Waals surface area contributed by atoms with Crippen LogP contribution >= 0.6 is 0 Å². The molecular weight excluding hydrogens is 288 g/mol. The van der Waals surface area contributed by atoms with Crippen molar-refractivity contribution >= 4 is 5.91 Å². The summed E-state index contributed by atoms with van der Waals surface area (Å²) in [6.07, 6.45) is 1.65. The zero-order valence-corrected chi connectivity index (χ0v) is 12.9. The second-order valence-electron chi connectivity index (χ2n) is 5.34. The van der Waals surface area contributed by atoms with Gasteiger partial charge in [0.15, 0.2) is 0 Å². The average molecular weight is 306 g/mol. The van der Waals surface area contributed by atoms with Gasteiger partial charge in [-0.2, -0.15) is 0 Å². The van der Waals surface area contributed by atoms with Crippen molar-refractivity contribution in [1.29, 1.82) is 0 Å². The summed E-state index contributed by atoms with van der Waals surface area (Å²) in [5, 5.41) is 2.91. The molecule has 116 valence electrons. The van der Waals surface area contributed by atoms with E-state index in [2.05, 4.69) is 10.3 Å². The van der Waals surface area contributed by atoms with Crippen molar-refractivity contribution < 1.29 is 9.21 Å². The first-order chi connectivity index (χ1) is 11.2. The highest BCUT2D eigenvalue weighted by Crippen LogP contribution is 2.24. The first-order valence-corrected chi connectivity index (χ1v) is 7.53. The number of rotatable bonds is 5. The second-order valence-corrected chi connectivity index (χ2v) is 5.34. The number of benzene rings is 2. The monoisotopic (exact) mass is 306 g/mol. The number of carbonyl (C=O) groups is 1. The molecule has 1 amide bonds. The van der Waals surface area contributed by atoms with Gasteiger partial charge >= 0.3 is 0 Å². The molecule has 4 heteroatoms. The van der Waals surface area contributed by atoms with Crippen molar-refractivity contribution in [3.8, 4) is 0 Å². The van der Waals surface area contributed by atoms with E-state index in [1.165, 1.54) is 0 Å². The van der Waals surface area contributed by atoms with Crippen LogP contribution < -0.4 is 5.32 Å². The number of hydrogen-bond donors (Lipinski definition) is 1. The summed E-state index contributed by atoms with van der Waals surface area (Å²) in [6.45, 7) is 2.11. The van der Waals surface area contributed by atoms with E-state index in [0.29, 0.717) is 5.89 Å². The van der Waals surface area contributed by atoms with Gasteiger partial charge in [0.1, 0.15) is 5.76 Å². The molecular formula is C19H18N2O2. The van der Waals surface area contributed by atoms with Gasteiger partial charge in [-0.3, -0.25) is 4.79 Å². The maximum absolute atomic E-state index is 12.7. The number of aromatic nitrogens is 1. The van der Waals surface area contributed by atoms with Crippen molar-refractivity contribution in [2.24, 2.45) is 0 Å². The molecule has 2 aromatic carbocycles. The lowest BCUT2D eigenvalue weighted by Crippen LogP contribution is -2.29. The summed E-state index contributed by atoms with van der Waals surface area (Å²) in [5.74, 6) is 0.819. The fourth-order valence-corrected chi connectivity index (χ4v) is 2.53. The van der Waals surface area contributed by atoms with Crippen LogP contribution in [0.15, 0.2) is 71.3 Å². The standard InChI is InChI=1S/C19H18N2O2/c1-14-12-20-17(23-14)13-21-19(22)18(15-8-4-2-5-9-15)16-10-6-3-7-11-16/h2-12,18H,13H2,1H3,(H,21,22). The number of nitrogens with one attached hydrogen (secondary N) is 1. The highest BCUT2D eigenvalue weighted by atomic mass is 16.4. The van der Waals surface area contributed by atoms with Crippen LogP contribution in [-0.2, 0) is 11.3 Å². The molecule has 0 spiro atoms. The molecule has 0 aliphatic rings. The summed E-state index contributed by atoms with van der Waals surface area (Å²) < 4.78 is 5.40. The lowest BCUT2D eigenvalue weighted by atomic mass is 9.90. The largest absolute Gasteiger partial charge is 0.444 e.